The molecule has 0 heterocycles. The third-order valence-corrected chi connectivity index (χ3v) is 4.44. The topological polar surface area (TPSA) is 54.5 Å². The smallest absolute Gasteiger partial charge is 0.261 e. The number of hydrogen-bond acceptors (Lipinski definition) is 3. The Morgan fingerprint density at radius 3 is 2.15 bits per heavy atom. The van der Waals surface area contributed by atoms with Crippen LogP contribution in [0.15, 0.2) is 23.1 Å². The first-order valence-corrected chi connectivity index (χ1v) is 8.96. The Labute approximate surface area is 125 Å². The van der Waals surface area contributed by atoms with Crippen LogP contribution >= 0.6 is 10.7 Å². The van der Waals surface area contributed by atoms with E-state index in [-0.39, 0.29) is 10.8 Å². The maximum Gasteiger partial charge on any atom is 0.261 e. The summed E-state index contributed by atoms with van der Waals surface area (Å²) < 4.78 is 22.7. The first kappa shape index (κ1) is 17.0. The van der Waals surface area contributed by atoms with Gasteiger partial charge >= 0.3 is 0 Å². The highest BCUT2D eigenvalue weighted by molar-refractivity contribution is 8.13. The molecule has 0 saturated heterocycles. The molecule has 4 nitrogen and oxygen atoms in total. The van der Waals surface area contributed by atoms with Crippen LogP contribution in [0.25, 0.3) is 0 Å². The zero-order chi connectivity index (χ0) is 15.3. The fraction of sp³-hybridized carbons (Fsp3) is 0.500. The van der Waals surface area contributed by atoms with E-state index in [1.807, 2.05) is 13.8 Å². The van der Waals surface area contributed by atoms with Gasteiger partial charge in [-0.15, -0.1) is 0 Å². The Morgan fingerprint density at radius 2 is 1.75 bits per heavy atom. The first-order valence-electron chi connectivity index (χ1n) is 6.65. The van der Waals surface area contributed by atoms with Crippen LogP contribution in [0.3, 0.4) is 0 Å². The highest BCUT2D eigenvalue weighted by Gasteiger charge is 2.18. The summed E-state index contributed by atoms with van der Waals surface area (Å²) in [5.41, 5.74) is 0.979. The molecule has 20 heavy (non-hydrogen) atoms. The van der Waals surface area contributed by atoms with E-state index in [4.69, 9.17) is 10.7 Å². The molecule has 0 unspecified atom stereocenters. The van der Waals surface area contributed by atoms with E-state index >= 15 is 0 Å². The normalized spacial score (nSPS) is 11.4. The molecule has 0 aliphatic rings. The Balaban J connectivity index is 3.08. The molecule has 0 spiro atoms. The van der Waals surface area contributed by atoms with Crippen molar-refractivity contribution in [1.82, 2.24) is 4.90 Å². The predicted octanol–water partition coefficient (Wildman–Crippen LogP) is 3.18. The lowest BCUT2D eigenvalue weighted by atomic mass is 10.1. The van der Waals surface area contributed by atoms with Crippen molar-refractivity contribution in [3.05, 3.63) is 29.3 Å². The van der Waals surface area contributed by atoms with Crippen molar-refractivity contribution in [3.63, 3.8) is 0 Å². The summed E-state index contributed by atoms with van der Waals surface area (Å²) in [4.78, 5) is 14.2. The Hall–Kier alpha value is -1.07. The number of benzene rings is 1. The zero-order valence-electron chi connectivity index (χ0n) is 12.0. The summed E-state index contributed by atoms with van der Waals surface area (Å²) in [6.07, 6.45) is 1.78. The summed E-state index contributed by atoms with van der Waals surface area (Å²) in [5.74, 6) is -0.0738. The van der Waals surface area contributed by atoms with Crippen LogP contribution in [0.4, 0.5) is 0 Å². The van der Waals surface area contributed by atoms with Gasteiger partial charge in [-0.3, -0.25) is 4.79 Å². The Bertz CT molecular complexity index is 578. The van der Waals surface area contributed by atoms with Crippen LogP contribution in [-0.4, -0.2) is 32.3 Å². The molecule has 0 saturated carbocycles. The SMILES string of the molecule is CCCN(CCC)C(=O)c1ccc(S(=O)(=O)Cl)c(C)c1. The van der Waals surface area contributed by atoms with Crippen molar-refractivity contribution in [3.8, 4) is 0 Å². The van der Waals surface area contributed by atoms with E-state index in [1.54, 1.807) is 17.9 Å². The van der Waals surface area contributed by atoms with Crippen molar-refractivity contribution < 1.29 is 13.2 Å². The molecule has 1 aromatic rings. The molecular weight excluding hydrogens is 298 g/mol. The van der Waals surface area contributed by atoms with E-state index in [1.165, 1.54) is 12.1 Å². The van der Waals surface area contributed by atoms with E-state index in [2.05, 4.69) is 0 Å². The van der Waals surface area contributed by atoms with Crippen molar-refractivity contribution in [2.75, 3.05) is 13.1 Å². The average molecular weight is 318 g/mol. The number of carbonyl (C=O) groups excluding carboxylic acids is 1. The van der Waals surface area contributed by atoms with Gasteiger partial charge in [0.15, 0.2) is 0 Å². The zero-order valence-corrected chi connectivity index (χ0v) is 13.6. The lowest BCUT2D eigenvalue weighted by Crippen LogP contribution is -2.32. The second kappa shape index (κ2) is 7.09. The predicted molar refractivity (Wildman–Crippen MR) is 80.7 cm³/mol. The molecule has 0 radical (unpaired) electrons. The molecule has 6 heteroatoms. The second-order valence-corrected chi connectivity index (χ2v) is 7.24. The molecular formula is C14H20ClNO3S. The first-order chi connectivity index (χ1) is 9.31. The number of halogens is 1. The second-order valence-electron chi connectivity index (χ2n) is 4.71. The highest BCUT2D eigenvalue weighted by atomic mass is 35.7. The van der Waals surface area contributed by atoms with Gasteiger partial charge in [0, 0.05) is 29.3 Å². The maximum absolute atomic E-state index is 12.4. The van der Waals surface area contributed by atoms with Gasteiger partial charge in [-0.1, -0.05) is 13.8 Å². The van der Waals surface area contributed by atoms with E-state index < -0.39 is 9.05 Å². The number of amides is 1. The largest absolute Gasteiger partial charge is 0.339 e. The van der Waals surface area contributed by atoms with Crippen molar-refractivity contribution in [2.45, 2.75) is 38.5 Å². The summed E-state index contributed by atoms with van der Waals surface area (Å²) >= 11 is 0. The molecule has 112 valence electrons. The van der Waals surface area contributed by atoms with Crippen molar-refractivity contribution in [2.24, 2.45) is 0 Å². The number of hydrogen-bond donors (Lipinski definition) is 0. The molecule has 1 aromatic carbocycles. The van der Waals surface area contributed by atoms with Crippen LogP contribution in [0.5, 0.6) is 0 Å². The summed E-state index contributed by atoms with van der Waals surface area (Å²) in [6, 6.07) is 4.49. The molecule has 0 N–H and O–H groups in total. The molecule has 0 aromatic heterocycles. The fourth-order valence-corrected chi connectivity index (χ4v) is 3.29. The van der Waals surface area contributed by atoms with Crippen LogP contribution in [0, 0.1) is 6.92 Å². The van der Waals surface area contributed by atoms with E-state index in [9.17, 15) is 13.2 Å². The minimum atomic E-state index is -3.77. The van der Waals surface area contributed by atoms with Gasteiger partial charge in [-0.05, 0) is 43.5 Å². The van der Waals surface area contributed by atoms with Gasteiger partial charge in [0.05, 0.1) is 4.90 Å². The molecule has 0 aliphatic carbocycles. The molecule has 0 bridgehead atoms. The lowest BCUT2D eigenvalue weighted by Gasteiger charge is -2.21. The molecule has 1 amide bonds. The van der Waals surface area contributed by atoms with Gasteiger partial charge in [-0.2, -0.15) is 0 Å². The third-order valence-electron chi connectivity index (χ3n) is 2.96. The van der Waals surface area contributed by atoms with Gasteiger partial charge in [0.2, 0.25) is 0 Å². The quantitative estimate of drug-likeness (QED) is 0.757. The summed E-state index contributed by atoms with van der Waals surface area (Å²) in [5, 5.41) is 0. The van der Waals surface area contributed by atoms with Crippen molar-refractivity contribution >= 4 is 25.6 Å². The molecule has 1 rings (SSSR count). The minimum absolute atomic E-state index is 0.0493. The summed E-state index contributed by atoms with van der Waals surface area (Å²) in [6.45, 7) is 7.06. The average Bonchev–Trinajstić information content (AvgIpc) is 2.36. The Kier molecular flexibility index (Phi) is 6.02. The van der Waals surface area contributed by atoms with Crippen LogP contribution in [0.2, 0.25) is 0 Å². The monoisotopic (exact) mass is 317 g/mol. The molecule has 0 fully saturated rings. The number of rotatable bonds is 6. The third kappa shape index (κ3) is 4.21. The van der Waals surface area contributed by atoms with Gasteiger partial charge < -0.3 is 4.90 Å². The van der Waals surface area contributed by atoms with Gasteiger partial charge in [0.25, 0.3) is 15.0 Å². The lowest BCUT2D eigenvalue weighted by molar-refractivity contribution is 0.0755. The summed E-state index contributed by atoms with van der Waals surface area (Å²) in [7, 11) is 1.57. The number of nitrogens with zero attached hydrogens (tertiary/aromatic N) is 1. The highest BCUT2D eigenvalue weighted by Crippen LogP contribution is 2.21. The van der Waals surface area contributed by atoms with Crippen LogP contribution < -0.4 is 0 Å². The Morgan fingerprint density at radius 1 is 1.20 bits per heavy atom. The van der Waals surface area contributed by atoms with Crippen LogP contribution in [0.1, 0.15) is 42.6 Å². The molecule has 0 aliphatic heterocycles. The fourth-order valence-electron chi connectivity index (χ4n) is 2.09. The number of aryl methyl sites for hydroxylation is 1. The van der Waals surface area contributed by atoms with E-state index in [0.717, 1.165) is 12.8 Å². The maximum atomic E-state index is 12.4. The molecule has 0 atom stereocenters. The van der Waals surface area contributed by atoms with Crippen molar-refractivity contribution in [1.29, 1.82) is 0 Å². The standard InChI is InChI=1S/C14H20ClNO3S/c1-4-8-16(9-5-2)14(17)12-6-7-13(11(3)10-12)20(15,18)19/h6-7,10H,4-5,8-9H2,1-3H3. The van der Waals surface area contributed by atoms with Gasteiger partial charge in [0.1, 0.15) is 0 Å². The minimum Gasteiger partial charge on any atom is -0.339 e. The number of carbonyl (C=O) groups is 1. The van der Waals surface area contributed by atoms with Gasteiger partial charge in [-0.25, -0.2) is 8.42 Å². The van der Waals surface area contributed by atoms with Crippen LogP contribution in [-0.2, 0) is 9.05 Å². The van der Waals surface area contributed by atoms with E-state index in [0.29, 0.717) is 24.2 Å².